The van der Waals surface area contributed by atoms with Crippen LogP contribution in [0.3, 0.4) is 0 Å². The van der Waals surface area contributed by atoms with Crippen LogP contribution in [-0.2, 0) is 16.7 Å². The molecule has 0 spiro atoms. The van der Waals surface area contributed by atoms with Gasteiger partial charge in [0.25, 0.3) is 5.91 Å². The number of ether oxygens (including phenoxy) is 1. The van der Waals surface area contributed by atoms with E-state index in [0.717, 1.165) is 6.26 Å². The van der Waals surface area contributed by atoms with E-state index in [-0.39, 0.29) is 30.0 Å². The minimum absolute atomic E-state index is 0.0802. The Kier molecular flexibility index (Phi) is 5.73. The lowest BCUT2D eigenvalue weighted by Gasteiger charge is -2.26. The lowest BCUT2D eigenvalue weighted by atomic mass is 10.1. The first-order valence-corrected chi connectivity index (χ1v) is 9.43. The van der Waals surface area contributed by atoms with Gasteiger partial charge in [-0.25, -0.2) is 0 Å². The fourth-order valence-electron chi connectivity index (χ4n) is 2.28. The molecule has 0 bridgehead atoms. The molecule has 0 aliphatic heterocycles. The SMILES string of the molecule is COc1ccc(CN(C(=O)c2ccco2)C(C)C)cc1OS(C)(=O)=O. The fourth-order valence-corrected chi connectivity index (χ4v) is 2.73. The van der Waals surface area contributed by atoms with Gasteiger partial charge in [0.15, 0.2) is 17.3 Å². The standard InChI is InChI=1S/C17H21NO6S/c1-12(2)18(17(19)15-6-5-9-23-15)11-13-7-8-14(22-3)16(10-13)24-25(4,20)21/h5-10,12H,11H2,1-4H3. The van der Waals surface area contributed by atoms with Gasteiger partial charge in [0, 0.05) is 12.6 Å². The van der Waals surface area contributed by atoms with Crippen LogP contribution in [0, 0.1) is 0 Å². The van der Waals surface area contributed by atoms with E-state index >= 15 is 0 Å². The first kappa shape index (κ1) is 18.9. The Balaban J connectivity index is 2.30. The molecule has 136 valence electrons. The van der Waals surface area contributed by atoms with Crippen molar-refractivity contribution < 1.29 is 26.5 Å². The summed E-state index contributed by atoms with van der Waals surface area (Å²) in [7, 11) is -2.28. The number of amides is 1. The maximum absolute atomic E-state index is 12.6. The quantitative estimate of drug-likeness (QED) is 0.700. The molecule has 7 nitrogen and oxygen atoms in total. The average molecular weight is 367 g/mol. The van der Waals surface area contributed by atoms with Gasteiger partial charge >= 0.3 is 10.1 Å². The summed E-state index contributed by atoms with van der Waals surface area (Å²) in [6.07, 6.45) is 2.40. The Morgan fingerprint density at radius 1 is 1.24 bits per heavy atom. The van der Waals surface area contributed by atoms with E-state index in [0.29, 0.717) is 11.3 Å². The van der Waals surface area contributed by atoms with Gasteiger partial charge < -0.3 is 18.2 Å². The van der Waals surface area contributed by atoms with Crippen LogP contribution in [0.25, 0.3) is 0 Å². The highest BCUT2D eigenvalue weighted by molar-refractivity contribution is 7.86. The van der Waals surface area contributed by atoms with Crippen LogP contribution in [0.2, 0.25) is 0 Å². The van der Waals surface area contributed by atoms with Crippen LogP contribution >= 0.6 is 0 Å². The van der Waals surface area contributed by atoms with Crippen molar-refractivity contribution >= 4 is 16.0 Å². The van der Waals surface area contributed by atoms with Gasteiger partial charge in [-0.1, -0.05) is 6.07 Å². The van der Waals surface area contributed by atoms with Crippen molar-refractivity contribution in [3.63, 3.8) is 0 Å². The molecule has 0 saturated carbocycles. The minimum atomic E-state index is -3.70. The van der Waals surface area contributed by atoms with Gasteiger partial charge in [0.05, 0.1) is 19.6 Å². The molecule has 1 heterocycles. The smallest absolute Gasteiger partial charge is 0.306 e. The second-order valence-electron chi connectivity index (χ2n) is 5.78. The molecule has 0 atom stereocenters. The molecule has 2 aromatic rings. The van der Waals surface area contributed by atoms with Gasteiger partial charge in [-0.15, -0.1) is 0 Å². The number of rotatable bonds is 7. The topological polar surface area (TPSA) is 86.0 Å². The van der Waals surface area contributed by atoms with Gasteiger partial charge in [-0.3, -0.25) is 4.79 Å². The monoisotopic (exact) mass is 367 g/mol. The molecule has 1 amide bonds. The molecule has 0 unspecified atom stereocenters. The maximum atomic E-state index is 12.6. The number of carbonyl (C=O) groups is 1. The average Bonchev–Trinajstić information content (AvgIpc) is 3.04. The third-order valence-electron chi connectivity index (χ3n) is 3.44. The molecule has 0 aliphatic carbocycles. The lowest BCUT2D eigenvalue weighted by Crippen LogP contribution is -2.36. The molecular formula is C17H21NO6S. The zero-order valence-corrected chi connectivity index (χ0v) is 15.4. The summed E-state index contributed by atoms with van der Waals surface area (Å²) in [6.45, 7) is 4.04. The summed E-state index contributed by atoms with van der Waals surface area (Å²) in [5.74, 6) is 0.371. The first-order chi connectivity index (χ1) is 11.7. The molecule has 8 heteroatoms. The Labute approximate surface area is 147 Å². The predicted molar refractivity (Wildman–Crippen MR) is 92.2 cm³/mol. The van der Waals surface area contributed by atoms with Crippen LogP contribution in [-0.4, -0.2) is 38.6 Å². The zero-order chi connectivity index (χ0) is 18.6. The molecule has 0 radical (unpaired) electrons. The maximum Gasteiger partial charge on any atom is 0.306 e. The number of furan rings is 1. The minimum Gasteiger partial charge on any atom is -0.493 e. The van der Waals surface area contributed by atoms with E-state index in [4.69, 9.17) is 13.3 Å². The van der Waals surface area contributed by atoms with Crippen LogP contribution in [0.5, 0.6) is 11.5 Å². The summed E-state index contributed by atoms with van der Waals surface area (Å²) in [5, 5.41) is 0. The van der Waals surface area contributed by atoms with Crippen molar-refractivity contribution in [2.75, 3.05) is 13.4 Å². The summed E-state index contributed by atoms with van der Waals surface area (Å²) in [5.41, 5.74) is 0.702. The van der Waals surface area contributed by atoms with Gasteiger partial charge in [-0.05, 0) is 43.7 Å². The molecule has 0 fully saturated rings. The van der Waals surface area contributed by atoms with Crippen molar-refractivity contribution in [2.24, 2.45) is 0 Å². The molecule has 0 aliphatic rings. The lowest BCUT2D eigenvalue weighted by molar-refractivity contribution is 0.0657. The fraction of sp³-hybridized carbons (Fsp3) is 0.353. The van der Waals surface area contributed by atoms with Crippen molar-refractivity contribution in [3.8, 4) is 11.5 Å². The second kappa shape index (κ2) is 7.60. The Hall–Kier alpha value is -2.48. The molecule has 2 rings (SSSR count). The number of nitrogens with zero attached hydrogens (tertiary/aromatic N) is 1. The Morgan fingerprint density at radius 3 is 2.48 bits per heavy atom. The summed E-state index contributed by atoms with van der Waals surface area (Å²) >= 11 is 0. The largest absolute Gasteiger partial charge is 0.493 e. The van der Waals surface area contributed by atoms with Gasteiger partial charge in [-0.2, -0.15) is 8.42 Å². The highest BCUT2D eigenvalue weighted by atomic mass is 32.2. The number of benzene rings is 1. The Morgan fingerprint density at radius 2 is 1.96 bits per heavy atom. The van der Waals surface area contributed by atoms with E-state index in [1.54, 1.807) is 35.2 Å². The number of methoxy groups -OCH3 is 1. The molecule has 25 heavy (non-hydrogen) atoms. The molecular weight excluding hydrogens is 346 g/mol. The van der Waals surface area contributed by atoms with E-state index in [2.05, 4.69) is 0 Å². The second-order valence-corrected chi connectivity index (χ2v) is 7.35. The molecule has 1 aromatic heterocycles. The number of hydrogen-bond donors (Lipinski definition) is 0. The van der Waals surface area contributed by atoms with E-state index in [1.807, 2.05) is 13.8 Å². The predicted octanol–water partition coefficient (Wildman–Crippen LogP) is 2.68. The van der Waals surface area contributed by atoms with Crippen molar-refractivity contribution in [2.45, 2.75) is 26.4 Å². The first-order valence-electron chi connectivity index (χ1n) is 7.62. The zero-order valence-electron chi connectivity index (χ0n) is 14.6. The Bertz CT molecular complexity index is 827. The molecule has 1 aromatic carbocycles. The molecule has 0 saturated heterocycles. The van der Waals surface area contributed by atoms with Crippen molar-refractivity contribution in [3.05, 3.63) is 47.9 Å². The molecule has 0 N–H and O–H groups in total. The summed E-state index contributed by atoms with van der Waals surface area (Å²) in [6, 6.07) is 8.06. The van der Waals surface area contributed by atoms with E-state index in [9.17, 15) is 13.2 Å². The highest BCUT2D eigenvalue weighted by Gasteiger charge is 2.22. The van der Waals surface area contributed by atoms with Crippen molar-refractivity contribution in [1.29, 1.82) is 0 Å². The van der Waals surface area contributed by atoms with Crippen LogP contribution < -0.4 is 8.92 Å². The highest BCUT2D eigenvalue weighted by Crippen LogP contribution is 2.30. The number of carbonyl (C=O) groups excluding carboxylic acids is 1. The van der Waals surface area contributed by atoms with Gasteiger partial charge in [0.2, 0.25) is 0 Å². The van der Waals surface area contributed by atoms with Crippen LogP contribution in [0.4, 0.5) is 0 Å². The number of hydrogen-bond acceptors (Lipinski definition) is 6. The van der Waals surface area contributed by atoms with E-state index in [1.165, 1.54) is 13.4 Å². The van der Waals surface area contributed by atoms with Crippen LogP contribution in [0.1, 0.15) is 30.0 Å². The normalized spacial score (nSPS) is 11.4. The third-order valence-corrected chi connectivity index (χ3v) is 3.92. The van der Waals surface area contributed by atoms with E-state index < -0.39 is 10.1 Å². The summed E-state index contributed by atoms with van der Waals surface area (Å²) in [4.78, 5) is 14.2. The van der Waals surface area contributed by atoms with Crippen LogP contribution in [0.15, 0.2) is 41.0 Å². The van der Waals surface area contributed by atoms with Gasteiger partial charge in [0.1, 0.15) is 0 Å². The third kappa shape index (κ3) is 4.99. The van der Waals surface area contributed by atoms with Crippen molar-refractivity contribution in [1.82, 2.24) is 4.90 Å². The summed E-state index contributed by atoms with van der Waals surface area (Å²) < 4.78 is 38.1.